The average Bonchev–Trinajstić information content (AvgIpc) is 3.04. The van der Waals surface area contributed by atoms with Crippen molar-refractivity contribution in [2.75, 3.05) is 6.54 Å². The lowest BCUT2D eigenvalue weighted by atomic mass is 10.3. The Labute approximate surface area is 135 Å². The van der Waals surface area contributed by atoms with Crippen molar-refractivity contribution in [2.24, 2.45) is 0 Å². The fraction of sp³-hybridized carbons (Fsp3) is 0.267. The van der Waals surface area contributed by atoms with E-state index in [2.05, 4.69) is 10.3 Å². The van der Waals surface area contributed by atoms with Crippen LogP contribution < -0.4 is 10.1 Å². The number of halogens is 1. The number of carbonyl (C=O) groups is 2. The SMILES string of the molecule is O=C(CCc1nccs1)NCC(Oc1ccc(F)cc1)C(=O)O. The van der Waals surface area contributed by atoms with Gasteiger partial charge in [-0.15, -0.1) is 11.3 Å². The Morgan fingerprint density at radius 3 is 2.70 bits per heavy atom. The third kappa shape index (κ3) is 5.67. The number of carbonyl (C=O) groups excluding carboxylic acids is 1. The molecule has 0 radical (unpaired) electrons. The number of nitrogens with one attached hydrogen (secondary N) is 1. The highest BCUT2D eigenvalue weighted by Crippen LogP contribution is 2.13. The summed E-state index contributed by atoms with van der Waals surface area (Å²) in [5.74, 6) is -1.72. The lowest BCUT2D eigenvalue weighted by molar-refractivity contribution is -0.145. The summed E-state index contributed by atoms with van der Waals surface area (Å²) in [6.45, 7) is -0.177. The van der Waals surface area contributed by atoms with Crippen molar-refractivity contribution in [3.8, 4) is 5.75 Å². The van der Waals surface area contributed by atoms with Crippen LogP contribution in [0.1, 0.15) is 11.4 Å². The van der Waals surface area contributed by atoms with Crippen molar-refractivity contribution in [1.29, 1.82) is 0 Å². The van der Waals surface area contributed by atoms with E-state index < -0.39 is 17.9 Å². The molecule has 122 valence electrons. The van der Waals surface area contributed by atoms with E-state index in [0.29, 0.717) is 6.42 Å². The second-order valence-electron chi connectivity index (χ2n) is 4.63. The summed E-state index contributed by atoms with van der Waals surface area (Å²) in [5.41, 5.74) is 0. The van der Waals surface area contributed by atoms with Gasteiger partial charge in [-0.3, -0.25) is 4.79 Å². The van der Waals surface area contributed by atoms with E-state index in [-0.39, 0.29) is 24.6 Å². The van der Waals surface area contributed by atoms with Crippen LogP contribution in [0.3, 0.4) is 0 Å². The topological polar surface area (TPSA) is 88.5 Å². The van der Waals surface area contributed by atoms with Gasteiger partial charge in [0.25, 0.3) is 0 Å². The zero-order chi connectivity index (χ0) is 16.7. The Morgan fingerprint density at radius 1 is 1.35 bits per heavy atom. The van der Waals surface area contributed by atoms with Crippen molar-refractivity contribution in [3.63, 3.8) is 0 Å². The molecule has 1 heterocycles. The Morgan fingerprint density at radius 2 is 2.09 bits per heavy atom. The summed E-state index contributed by atoms with van der Waals surface area (Å²) in [4.78, 5) is 27.0. The Balaban J connectivity index is 1.80. The molecule has 2 aromatic rings. The first kappa shape index (κ1) is 16.9. The van der Waals surface area contributed by atoms with Crippen LogP contribution in [0.2, 0.25) is 0 Å². The highest BCUT2D eigenvalue weighted by atomic mass is 32.1. The van der Waals surface area contributed by atoms with Gasteiger partial charge in [0.2, 0.25) is 12.0 Å². The van der Waals surface area contributed by atoms with E-state index in [0.717, 1.165) is 5.01 Å². The van der Waals surface area contributed by atoms with E-state index in [9.17, 15) is 14.0 Å². The molecule has 0 fully saturated rings. The molecule has 0 saturated carbocycles. The second kappa shape index (κ2) is 8.23. The third-order valence-electron chi connectivity index (χ3n) is 2.90. The van der Waals surface area contributed by atoms with Gasteiger partial charge < -0.3 is 15.2 Å². The molecule has 0 bridgehead atoms. The molecule has 2 rings (SSSR count). The molecule has 1 unspecified atom stereocenters. The highest BCUT2D eigenvalue weighted by Gasteiger charge is 2.20. The normalized spacial score (nSPS) is 11.7. The quantitative estimate of drug-likeness (QED) is 0.767. The molecule has 0 aliphatic heterocycles. The van der Waals surface area contributed by atoms with E-state index in [4.69, 9.17) is 9.84 Å². The average molecular weight is 338 g/mol. The maximum absolute atomic E-state index is 12.8. The molecular formula is C15H15FN2O4S. The van der Waals surface area contributed by atoms with Crippen LogP contribution in [0.15, 0.2) is 35.8 Å². The fourth-order valence-corrected chi connectivity index (χ4v) is 2.37. The number of hydrogen-bond donors (Lipinski definition) is 2. The zero-order valence-electron chi connectivity index (χ0n) is 12.1. The van der Waals surface area contributed by atoms with Gasteiger partial charge in [0.05, 0.1) is 11.6 Å². The van der Waals surface area contributed by atoms with Crippen LogP contribution >= 0.6 is 11.3 Å². The van der Waals surface area contributed by atoms with Crippen molar-refractivity contribution in [2.45, 2.75) is 18.9 Å². The lowest BCUT2D eigenvalue weighted by Gasteiger charge is -2.15. The van der Waals surface area contributed by atoms with Crippen LogP contribution in [-0.4, -0.2) is 34.6 Å². The number of carboxylic acids is 1. The van der Waals surface area contributed by atoms with Gasteiger partial charge in [-0.25, -0.2) is 14.2 Å². The second-order valence-corrected chi connectivity index (χ2v) is 5.61. The number of aryl methyl sites for hydroxylation is 1. The minimum Gasteiger partial charge on any atom is -0.478 e. The summed E-state index contributed by atoms with van der Waals surface area (Å²) in [6, 6.07) is 4.99. The largest absolute Gasteiger partial charge is 0.478 e. The number of aromatic nitrogens is 1. The molecule has 1 atom stereocenters. The van der Waals surface area contributed by atoms with Gasteiger partial charge in [-0.2, -0.15) is 0 Å². The molecule has 1 aromatic carbocycles. The maximum Gasteiger partial charge on any atom is 0.346 e. The smallest absolute Gasteiger partial charge is 0.346 e. The maximum atomic E-state index is 12.8. The summed E-state index contributed by atoms with van der Waals surface area (Å²) in [6.07, 6.45) is 1.13. The number of ether oxygens (including phenoxy) is 1. The van der Waals surface area contributed by atoms with Gasteiger partial charge >= 0.3 is 5.97 Å². The van der Waals surface area contributed by atoms with E-state index in [1.807, 2.05) is 5.38 Å². The van der Waals surface area contributed by atoms with E-state index >= 15 is 0 Å². The van der Waals surface area contributed by atoms with Crippen molar-refractivity contribution in [1.82, 2.24) is 10.3 Å². The Hall–Kier alpha value is -2.48. The summed E-state index contributed by atoms with van der Waals surface area (Å²) < 4.78 is 18.0. The standard InChI is InChI=1S/C15H15FN2O4S/c16-10-1-3-11(4-2-10)22-12(15(20)21)9-18-13(19)5-6-14-17-7-8-23-14/h1-4,7-8,12H,5-6,9H2,(H,18,19)(H,20,21). The molecule has 23 heavy (non-hydrogen) atoms. The van der Waals surface area contributed by atoms with Crippen LogP contribution in [0.25, 0.3) is 0 Å². The van der Waals surface area contributed by atoms with Crippen molar-refractivity contribution >= 4 is 23.2 Å². The predicted octanol–water partition coefficient (Wildman–Crippen LogP) is 1.86. The van der Waals surface area contributed by atoms with Crippen molar-refractivity contribution in [3.05, 3.63) is 46.7 Å². The number of benzene rings is 1. The molecule has 0 aliphatic rings. The van der Waals surface area contributed by atoms with Crippen LogP contribution in [-0.2, 0) is 16.0 Å². The number of carboxylic acid groups (broad SMARTS) is 1. The first-order valence-corrected chi connectivity index (χ1v) is 7.72. The van der Waals surface area contributed by atoms with Crippen LogP contribution in [0.4, 0.5) is 4.39 Å². The minimum absolute atomic E-state index is 0.177. The zero-order valence-corrected chi connectivity index (χ0v) is 12.9. The molecule has 0 aliphatic carbocycles. The number of amides is 1. The van der Waals surface area contributed by atoms with Gasteiger partial charge in [0, 0.05) is 24.4 Å². The first-order valence-electron chi connectivity index (χ1n) is 6.84. The molecule has 0 saturated heterocycles. The number of rotatable bonds is 8. The highest BCUT2D eigenvalue weighted by molar-refractivity contribution is 7.09. The number of hydrogen-bond acceptors (Lipinski definition) is 5. The summed E-state index contributed by atoms with van der Waals surface area (Å²) in [5, 5.41) is 14.3. The monoisotopic (exact) mass is 338 g/mol. The molecule has 6 nitrogen and oxygen atoms in total. The lowest BCUT2D eigenvalue weighted by Crippen LogP contribution is -2.40. The predicted molar refractivity (Wildman–Crippen MR) is 81.9 cm³/mol. The molecule has 2 N–H and O–H groups in total. The van der Waals surface area contributed by atoms with Crippen LogP contribution in [0, 0.1) is 5.82 Å². The molecule has 0 spiro atoms. The minimum atomic E-state index is -1.25. The van der Waals surface area contributed by atoms with Gasteiger partial charge in [0.1, 0.15) is 11.6 Å². The summed E-state index contributed by atoms with van der Waals surface area (Å²) in [7, 11) is 0. The Bertz CT molecular complexity index is 646. The van der Waals surface area contributed by atoms with Crippen LogP contribution in [0.5, 0.6) is 5.75 Å². The fourth-order valence-electron chi connectivity index (χ4n) is 1.75. The third-order valence-corrected chi connectivity index (χ3v) is 3.74. The number of aliphatic carboxylic acids is 1. The number of nitrogens with zero attached hydrogens (tertiary/aromatic N) is 1. The van der Waals surface area contributed by atoms with E-state index in [1.165, 1.54) is 35.6 Å². The van der Waals surface area contributed by atoms with Crippen molar-refractivity contribution < 1.29 is 23.8 Å². The molecule has 8 heteroatoms. The van der Waals surface area contributed by atoms with Gasteiger partial charge in [0.15, 0.2) is 0 Å². The first-order chi connectivity index (χ1) is 11.0. The van der Waals surface area contributed by atoms with Gasteiger partial charge in [-0.05, 0) is 24.3 Å². The summed E-state index contributed by atoms with van der Waals surface area (Å²) >= 11 is 1.46. The Kier molecular flexibility index (Phi) is 6.04. The molecule has 1 aromatic heterocycles. The van der Waals surface area contributed by atoms with Gasteiger partial charge in [-0.1, -0.05) is 0 Å². The number of thiazole rings is 1. The molecular weight excluding hydrogens is 323 g/mol. The molecule has 1 amide bonds. The van der Waals surface area contributed by atoms with E-state index in [1.54, 1.807) is 6.20 Å².